The predicted molar refractivity (Wildman–Crippen MR) is 136 cm³/mol. The Morgan fingerprint density at radius 2 is 1.95 bits per heavy atom. The second-order valence-corrected chi connectivity index (χ2v) is 8.67. The fraction of sp³-hybridized carbons (Fsp3) is 0.391. The monoisotopic (exact) mass is 537 g/mol. The molecular formula is C23H26F3N7O3S. The summed E-state index contributed by atoms with van der Waals surface area (Å²) in [4.78, 5) is 34.9. The molecule has 1 fully saturated rings. The number of carboxylic acids is 1. The zero-order chi connectivity index (χ0) is 27.2. The third-order valence-corrected chi connectivity index (χ3v) is 6.07. The van der Waals surface area contributed by atoms with Gasteiger partial charge in [0.25, 0.3) is 5.56 Å². The number of piperazine rings is 1. The molecule has 0 radical (unpaired) electrons. The molecule has 198 valence electrons. The Labute approximate surface area is 214 Å². The van der Waals surface area contributed by atoms with E-state index in [9.17, 15) is 18.0 Å². The van der Waals surface area contributed by atoms with Crippen molar-refractivity contribution in [3.63, 3.8) is 0 Å². The number of hydrogen-bond acceptors (Lipinski definition) is 8. The first-order valence-electron chi connectivity index (χ1n) is 11.1. The highest BCUT2D eigenvalue weighted by molar-refractivity contribution is 7.98. The Balaban J connectivity index is 0.000000479. The minimum Gasteiger partial charge on any atom is -0.475 e. The quantitative estimate of drug-likeness (QED) is 0.334. The van der Waals surface area contributed by atoms with Crippen LogP contribution in [0.4, 0.5) is 30.8 Å². The third-order valence-electron chi connectivity index (χ3n) is 5.35. The first kappa shape index (κ1) is 27.9. The second kappa shape index (κ2) is 12.0. The van der Waals surface area contributed by atoms with Crippen molar-refractivity contribution in [1.29, 1.82) is 0 Å². The lowest BCUT2D eigenvalue weighted by Gasteiger charge is -2.28. The van der Waals surface area contributed by atoms with Gasteiger partial charge < -0.3 is 20.6 Å². The van der Waals surface area contributed by atoms with Gasteiger partial charge in [-0.2, -0.15) is 23.1 Å². The van der Waals surface area contributed by atoms with Crippen molar-refractivity contribution in [2.75, 3.05) is 42.7 Å². The van der Waals surface area contributed by atoms with Gasteiger partial charge in [0.15, 0.2) is 11.2 Å². The Kier molecular flexibility index (Phi) is 9.06. The minimum atomic E-state index is -5.08. The Morgan fingerprint density at radius 3 is 2.54 bits per heavy atom. The molecule has 0 aliphatic carbocycles. The van der Waals surface area contributed by atoms with Crippen LogP contribution in [0.1, 0.15) is 6.92 Å². The number of rotatable bonds is 5. The number of carbonyl (C=O) groups is 1. The number of alkyl halides is 3. The number of anilines is 3. The molecule has 1 aromatic carbocycles. The lowest BCUT2D eigenvalue weighted by molar-refractivity contribution is -0.192. The topological polar surface area (TPSA) is 117 Å². The maximum absolute atomic E-state index is 13.3. The summed E-state index contributed by atoms with van der Waals surface area (Å²) in [5.41, 5.74) is 1.66. The smallest absolute Gasteiger partial charge is 0.475 e. The molecule has 0 spiro atoms. The fourth-order valence-corrected chi connectivity index (χ4v) is 3.96. The van der Waals surface area contributed by atoms with Crippen LogP contribution in [0.2, 0.25) is 0 Å². The molecule has 0 amide bonds. The molecule has 3 N–H and O–H groups in total. The predicted octanol–water partition coefficient (Wildman–Crippen LogP) is 2.66. The maximum Gasteiger partial charge on any atom is 0.490 e. The van der Waals surface area contributed by atoms with Gasteiger partial charge in [-0.1, -0.05) is 12.0 Å². The summed E-state index contributed by atoms with van der Waals surface area (Å²) in [5, 5.41) is 13.7. The van der Waals surface area contributed by atoms with Crippen LogP contribution >= 0.6 is 11.8 Å². The first-order valence-corrected chi connectivity index (χ1v) is 12.3. The number of imidazole rings is 1. The second-order valence-electron chi connectivity index (χ2n) is 7.79. The molecule has 14 heteroatoms. The summed E-state index contributed by atoms with van der Waals surface area (Å²) < 4.78 is 35.2. The summed E-state index contributed by atoms with van der Waals surface area (Å²) in [5.74, 6) is 4.44. The molecule has 37 heavy (non-hydrogen) atoms. The van der Waals surface area contributed by atoms with Crippen LogP contribution in [0.3, 0.4) is 0 Å². The van der Waals surface area contributed by atoms with E-state index in [2.05, 4.69) is 27.4 Å². The Bertz CT molecular complexity index is 1390. The molecule has 3 heterocycles. The molecular weight excluding hydrogens is 511 g/mol. The number of fused-ring (bicyclic) bond motifs is 1. The highest BCUT2D eigenvalue weighted by atomic mass is 32.2. The first-order chi connectivity index (χ1) is 17.6. The normalized spacial score (nSPS) is 13.4. The van der Waals surface area contributed by atoms with E-state index in [4.69, 9.17) is 19.9 Å². The lowest BCUT2D eigenvalue weighted by atomic mass is 10.3. The van der Waals surface area contributed by atoms with Crippen molar-refractivity contribution in [1.82, 2.24) is 24.4 Å². The molecule has 0 unspecified atom stereocenters. The highest BCUT2D eigenvalue weighted by Gasteiger charge is 2.38. The van der Waals surface area contributed by atoms with Gasteiger partial charge in [0, 0.05) is 43.8 Å². The zero-order valence-corrected chi connectivity index (χ0v) is 21.2. The SMILES string of the molecule is CC#CCn1c(N2CCNCC2)nc2nc(Nc3cccc(SC)c3)n(C)c(=O)c21.O=C(O)C(F)(F)F. The molecule has 1 aliphatic rings. The Hall–Kier alpha value is -3.70. The summed E-state index contributed by atoms with van der Waals surface area (Å²) >= 11 is 1.66. The molecule has 0 atom stereocenters. The van der Waals surface area contributed by atoms with E-state index in [0.29, 0.717) is 23.7 Å². The highest BCUT2D eigenvalue weighted by Crippen LogP contribution is 2.24. The number of aromatic nitrogens is 4. The van der Waals surface area contributed by atoms with E-state index >= 15 is 0 Å². The number of nitrogens with one attached hydrogen (secondary N) is 2. The minimum absolute atomic E-state index is 0.143. The van der Waals surface area contributed by atoms with Crippen LogP contribution in [-0.2, 0) is 18.4 Å². The van der Waals surface area contributed by atoms with Crippen molar-refractivity contribution in [3.05, 3.63) is 34.6 Å². The number of hydrogen-bond donors (Lipinski definition) is 3. The molecule has 0 saturated carbocycles. The van der Waals surface area contributed by atoms with E-state index < -0.39 is 12.1 Å². The molecule has 3 aromatic rings. The van der Waals surface area contributed by atoms with Crippen LogP contribution in [0.25, 0.3) is 11.2 Å². The number of halogens is 3. The van der Waals surface area contributed by atoms with E-state index in [-0.39, 0.29) is 5.56 Å². The van der Waals surface area contributed by atoms with Crippen LogP contribution in [-0.4, -0.2) is 68.8 Å². The lowest BCUT2D eigenvalue weighted by Crippen LogP contribution is -2.44. The van der Waals surface area contributed by atoms with Gasteiger partial charge >= 0.3 is 12.1 Å². The van der Waals surface area contributed by atoms with Crippen molar-refractivity contribution in [2.45, 2.75) is 24.5 Å². The van der Waals surface area contributed by atoms with Gasteiger partial charge in [-0.3, -0.25) is 13.9 Å². The largest absolute Gasteiger partial charge is 0.490 e. The molecule has 1 saturated heterocycles. The Morgan fingerprint density at radius 1 is 1.27 bits per heavy atom. The van der Waals surface area contributed by atoms with E-state index in [0.717, 1.165) is 42.7 Å². The van der Waals surface area contributed by atoms with Crippen molar-refractivity contribution in [2.24, 2.45) is 7.05 Å². The van der Waals surface area contributed by atoms with E-state index in [1.165, 1.54) is 4.57 Å². The van der Waals surface area contributed by atoms with E-state index in [1.807, 2.05) is 35.1 Å². The van der Waals surface area contributed by atoms with Crippen LogP contribution < -0.4 is 21.1 Å². The summed E-state index contributed by atoms with van der Waals surface area (Å²) in [6, 6.07) is 8.01. The molecule has 0 bridgehead atoms. The summed E-state index contributed by atoms with van der Waals surface area (Å²) in [6.07, 6.45) is -3.05. The average molecular weight is 538 g/mol. The third kappa shape index (κ3) is 6.75. The van der Waals surface area contributed by atoms with Crippen LogP contribution in [0.5, 0.6) is 0 Å². The zero-order valence-electron chi connectivity index (χ0n) is 20.4. The van der Waals surface area contributed by atoms with Crippen LogP contribution in [0, 0.1) is 11.8 Å². The van der Waals surface area contributed by atoms with E-state index in [1.54, 1.807) is 25.7 Å². The number of benzene rings is 1. The summed E-state index contributed by atoms with van der Waals surface area (Å²) in [6.45, 7) is 5.63. The fourth-order valence-electron chi connectivity index (χ4n) is 3.50. The molecule has 4 rings (SSSR count). The van der Waals surface area contributed by atoms with Gasteiger partial charge in [0.1, 0.15) is 0 Å². The molecule has 10 nitrogen and oxygen atoms in total. The standard InChI is InChI=1S/C21H25N7OS.C2HF3O2/c1-4-5-11-28-17-18(25-21(28)27-12-9-22-10-13-27)24-20(26(2)19(17)29)23-15-7-6-8-16(14-15)30-3;3-2(4,5)1(6)7/h6-8,14,22H,9-13H2,1-3H3,(H,23,24);(H,6,7). The van der Waals surface area contributed by atoms with Crippen molar-refractivity contribution < 1.29 is 23.1 Å². The van der Waals surface area contributed by atoms with Crippen LogP contribution in [0.15, 0.2) is 34.0 Å². The van der Waals surface area contributed by atoms with Crippen molar-refractivity contribution in [3.8, 4) is 11.8 Å². The maximum atomic E-state index is 13.3. The van der Waals surface area contributed by atoms with Gasteiger partial charge in [-0.05, 0) is 31.4 Å². The molecule has 2 aromatic heterocycles. The average Bonchev–Trinajstić information content (AvgIpc) is 3.24. The van der Waals surface area contributed by atoms with Crippen molar-refractivity contribution >= 4 is 46.5 Å². The molecule has 1 aliphatic heterocycles. The van der Waals surface area contributed by atoms with Gasteiger partial charge in [-0.25, -0.2) is 4.79 Å². The van der Waals surface area contributed by atoms with Gasteiger partial charge in [0.05, 0.1) is 6.54 Å². The number of carboxylic acid groups (broad SMARTS) is 1. The van der Waals surface area contributed by atoms with Gasteiger partial charge in [0.2, 0.25) is 11.9 Å². The van der Waals surface area contributed by atoms with Gasteiger partial charge in [-0.15, -0.1) is 17.7 Å². The summed E-state index contributed by atoms with van der Waals surface area (Å²) in [7, 11) is 1.73. The number of aliphatic carboxylic acids is 1. The number of nitrogens with zero attached hydrogens (tertiary/aromatic N) is 5. The number of thioether (sulfide) groups is 1.